The summed E-state index contributed by atoms with van der Waals surface area (Å²) in [4.78, 5) is 16.9. The SMILES string of the molecule is Cc1cc(C)c(S(=O)(=O)N(CC(=O)NCCCn2ccnc2)Cc2ccc(Cl)cc2)c(C)c1. The molecule has 1 N–H and O–H groups in total. The number of carbonyl (C=O) groups excluding carboxylic acids is 1. The van der Waals surface area contributed by atoms with E-state index in [-0.39, 0.29) is 23.9 Å². The lowest BCUT2D eigenvalue weighted by atomic mass is 10.1. The average Bonchev–Trinajstić information content (AvgIpc) is 3.25. The number of rotatable bonds is 10. The molecule has 0 saturated heterocycles. The molecule has 0 spiro atoms. The van der Waals surface area contributed by atoms with Gasteiger partial charge >= 0.3 is 0 Å². The number of imidazole rings is 1. The van der Waals surface area contributed by atoms with E-state index in [4.69, 9.17) is 11.6 Å². The van der Waals surface area contributed by atoms with E-state index in [2.05, 4.69) is 10.3 Å². The van der Waals surface area contributed by atoms with Gasteiger partial charge in [-0.15, -0.1) is 0 Å². The van der Waals surface area contributed by atoms with Crippen LogP contribution in [0.4, 0.5) is 0 Å². The summed E-state index contributed by atoms with van der Waals surface area (Å²) in [5.74, 6) is -0.347. The van der Waals surface area contributed by atoms with Crippen LogP contribution in [0, 0.1) is 20.8 Å². The second kappa shape index (κ2) is 11.0. The molecule has 0 aliphatic rings. The molecule has 0 unspecified atom stereocenters. The standard InChI is InChI=1S/C24H29ClN4O3S/c1-18-13-19(2)24(20(3)14-18)33(31,32)29(15-21-5-7-22(25)8-6-21)16-23(30)27-9-4-11-28-12-10-26-17-28/h5-8,10,12-14,17H,4,9,11,15-16H2,1-3H3,(H,27,30). The van der Waals surface area contributed by atoms with E-state index in [0.29, 0.717) is 29.1 Å². The van der Waals surface area contributed by atoms with Crippen molar-refractivity contribution in [3.8, 4) is 0 Å². The van der Waals surface area contributed by atoms with Gasteiger partial charge in [0.2, 0.25) is 15.9 Å². The van der Waals surface area contributed by atoms with E-state index >= 15 is 0 Å². The summed E-state index contributed by atoms with van der Waals surface area (Å²) < 4.78 is 30.5. The van der Waals surface area contributed by atoms with Gasteiger partial charge in [0.25, 0.3) is 0 Å². The molecule has 1 amide bonds. The van der Waals surface area contributed by atoms with E-state index in [1.54, 1.807) is 50.6 Å². The molecule has 3 aromatic rings. The molecule has 176 valence electrons. The number of aromatic nitrogens is 2. The maximum Gasteiger partial charge on any atom is 0.244 e. The summed E-state index contributed by atoms with van der Waals surface area (Å²) >= 11 is 5.98. The Morgan fingerprint density at radius 1 is 1.12 bits per heavy atom. The number of sulfonamides is 1. The maximum atomic E-state index is 13.7. The van der Waals surface area contributed by atoms with Crippen molar-refractivity contribution < 1.29 is 13.2 Å². The summed E-state index contributed by atoms with van der Waals surface area (Å²) in [5, 5.41) is 3.40. The predicted molar refractivity (Wildman–Crippen MR) is 130 cm³/mol. The van der Waals surface area contributed by atoms with Crippen molar-refractivity contribution in [1.29, 1.82) is 0 Å². The normalized spacial score (nSPS) is 11.7. The lowest BCUT2D eigenvalue weighted by Crippen LogP contribution is -2.41. The van der Waals surface area contributed by atoms with Gasteiger partial charge in [-0.3, -0.25) is 4.79 Å². The van der Waals surface area contributed by atoms with E-state index < -0.39 is 10.0 Å². The number of hydrogen-bond donors (Lipinski definition) is 1. The molecule has 0 aliphatic carbocycles. The van der Waals surface area contributed by atoms with Crippen LogP contribution in [0.1, 0.15) is 28.7 Å². The first-order valence-corrected chi connectivity index (χ1v) is 12.5. The van der Waals surface area contributed by atoms with Gasteiger partial charge in [0.15, 0.2) is 0 Å². The number of carbonyl (C=O) groups is 1. The van der Waals surface area contributed by atoms with Gasteiger partial charge < -0.3 is 9.88 Å². The van der Waals surface area contributed by atoms with Crippen LogP contribution in [0.2, 0.25) is 5.02 Å². The lowest BCUT2D eigenvalue weighted by molar-refractivity contribution is -0.121. The largest absolute Gasteiger partial charge is 0.355 e. The predicted octanol–water partition coefficient (Wildman–Crippen LogP) is 3.86. The molecule has 0 radical (unpaired) electrons. The van der Waals surface area contributed by atoms with Gasteiger partial charge in [-0.2, -0.15) is 4.31 Å². The average molecular weight is 489 g/mol. The second-order valence-corrected chi connectivity index (χ2v) is 10.4. The Hall–Kier alpha value is -2.68. The Morgan fingerprint density at radius 2 is 1.79 bits per heavy atom. The summed E-state index contributed by atoms with van der Waals surface area (Å²) in [6.45, 7) is 6.44. The number of nitrogens with zero attached hydrogens (tertiary/aromatic N) is 3. The molecule has 2 aromatic carbocycles. The summed E-state index contributed by atoms with van der Waals surface area (Å²) in [5.41, 5.74) is 3.06. The second-order valence-electron chi connectivity index (χ2n) is 8.13. The minimum atomic E-state index is -3.92. The summed E-state index contributed by atoms with van der Waals surface area (Å²) in [6.07, 6.45) is 5.98. The fourth-order valence-electron chi connectivity index (χ4n) is 3.85. The van der Waals surface area contributed by atoms with Crippen LogP contribution in [-0.2, 0) is 27.9 Å². The van der Waals surface area contributed by atoms with E-state index in [9.17, 15) is 13.2 Å². The van der Waals surface area contributed by atoms with Crippen molar-refractivity contribution in [2.45, 2.75) is 45.2 Å². The first kappa shape index (κ1) is 25.0. The van der Waals surface area contributed by atoms with Crippen LogP contribution < -0.4 is 5.32 Å². The highest BCUT2D eigenvalue weighted by atomic mass is 35.5. The molecule has 0 bridgehead atoms. The monoisotopic (exact) mass is 488 g/mol. The molecule has 33 heavy (non-hydrogen) atoms. The third-order valence-electron chi connectivity index (χ3n) is 5.27. The van der Waals surface area contributed by atoms with Crippen molar-refractivity contribution in [2.75, 3.05) is 13.1 Å². The van der Waals surface area contributed by atoms with Crippen molar-refractivity contribution in [2.24, 2.45) is 0 Å². The highest BCUT2D eigenvalue weighted by Gasteiger charge is 2.29. The number of hydrogen-bond acceptors (Lipinski definition) is 4. The topological polar surface area (TPSA) is 84.3 Å². The number of amides is 1. The molecule has 9 heteroatoms. The Bertz CT molecular complexity index is 1170. The number of halogens is 1. The van der Waals surface area contributed by atoms with E-state index in [1.807, 2.05) is 29.8 Å². The minimum absolute atomic E-state index is 0.0642. The highest BCUT2D eigenvalue weighted by molar-refractivity contribution is 7.89. The zero-order chi connectivity index (χ0) is 24.0. The first-order valence-electron chi connectivity index (χ1n) is 10.7. The molecule has 0 aliphatic heterocycles. The molecule has 0 atom stereocenters. The van der Waals surface area contributed by atoms with Crippen molar-refractivity contribution in [1.82, 2.24) is 19.2 Å². The fourth-order valence-corrected chi connectivity index (χ4v) is 5.77. The maximum absolute atomic E-state index is 13.7. The smallest absolute Gasteiger partial charge is 0.244 e. The summed E-state index contributed by atoms with van der Waals surface area (Å²) in [7, 11) is -3.92. The van der Waals surface area contributed by atoms with Gasteiger partial charge in [-0.25, -0.2) is 13.4 Å². The molecular formula is C24H29ClN4O3S. The minimum Gasteiger partial charge on any atom is -0.355 e. The molecule has 1 heterocycles. The zero-order valence-electron chi connectivity index (χ0n) is 19.1. The van der Waals surface area contributed by atoms with Gasteiger partial charge in [0.05, 0.1) is 17.8 Å². The molecule has 1 aromatic heterocycles. The Labute approximate surface area is 200 Å². The van der Waals surface area contributed by atoms with Crippen LogP contribution in [-0.4, -0.2) is 41.3 Å². The number of aryl methyl sites for hydroxylation is 4. The first-order chi connectivity index (χ1) is 15.7. The van der Waals surface area contributed by atoms with Crippen molar-refractivity contribution in [3.05, 3.63) is 82.4 Å². The van der Waals surface area contributed by atoms with Crippen LogP contribution in [0.25, 0.3) is 0 Å². The van der Waals surface area contributed by atoms with Crippen LogP contribution in [0.5, 0.6) is 0 Å². The Balaban J connectivity index is 1.78. The van der Waals surface area contributed by atoms with Gasteiger partial charge in [-0.1, -0.05) is 41.4 Å². The van der Waals surface area contributed by atoms with Gasteiger partial charge in [0.1, 0.15) is 0 Å². The fraction of sp³-hybridized carbons (Fsp3) is 0.333. The van der Waals surface area contributed by atoms with Crippen molar-refractivity contribution in [3.63, 3.8) is 0 Å². The lowest BCUT2D eigenvalue weighted by Gasteiger charge is -2.24. The quantitative estimate of drug-likeness (QED) is 0.439. The third kappa shape index (κ3) is 6.66. The molecular weight excluding hydrogens is 460 g/mol. The van der Waals surface area contributed by atoms with E-state index in [0.717, 1.165) is 17.7 Å². The molecule has 7 nitrogen and oxygen atoms in total. The highest BCUT2D eigenvalue weighted by Crippen LogP contribution is 2.26. The van der Waals surface area contributed by atoms with Crippen molar-refractivity contribution >= 4 is 27.5 Å². The van der Waals surface area contributed by atoms with Crippen LogP contribution >= 0.6 is 11.6 Å². The van der Waals surface area contributed by atoms with E-state index in [1.165, 1.54) is 4.31 Å². The van der Waals surface area contributed by atoms with Crippen LogP contribution in [0.15, 0.2) is 60.0 Å². The summed E-state index contributed by atoms with van der Waals surface area (Å²) in [6, 6.07) is 10.6. The molecule has 0 fully saturated rings. The van der Waals surface area contributed by atoms with Gasteiger partial charge in [0, 0.05) is 37.1 Å². The zero-order valence-corrected chi connectivity index (χ0v) is 20.7. The Kier molecular flexibility index (Phi) is 8.29. The third-order valence-corrected chi connectivity index (χ3v) is 7.62. The van der Waals surface area contributed by atoms with Crippen LogP contribution in [0.3, 0.4) is 0 Å². The molecule has 3 rings (SSSR count). The Morgan fingerprint density at radius 3 is 2.39 bits per heavy atom. The molecule has 0 saturated carbocycles. The number of nitrogens with one attached hydrogen (secondary N) is 1. The number of benzene rings is 2. The van der Waals surface area contributed by atoms with Gasteiger partial charge in [-0.05, 0) is 56.0 Å².